The average molecular weight is 503 g/mol. The van der Waals surface area contributed by atoms with Gasteiger partial charge < -0.3 is 10.1 Å². The molecule has 2 N–H and O–H groups in total. The van der Waals surface area contributed by atoms with E-state index in [1.807, 2.05) is 0 Å². The second-order valence-electron chi connectivity index (χ2n) is 6.09. The van der Waals surface area contributed by atoms with Crippen LogP contribution in [-0.4, -0.2) is 34.9 Å². The number of carbonyl (C=O) groups excluding carboxylic acids is 2. The van der Waals surface area contributed by atoms with Gasteiger partial charge in [0.2, 0.25) is 11.0 Å². The first-order valence-electron chi connectivity index (χ1n) is 8.74. The van der Waals surface area contributed by atoms with Gasteiger partial charge in [-0.15, -0.1) is 10.2 Å². The molecule has 2 amide bonds. The van der Waals surface area contributed by atoms with E-state index >= 15 is 0 Å². The van der Waals surface area contributed by atoms with E-state index in [9.17, 15) is 22.8 Å². The maximum atomic E-state index is 12.8. The molecule has 0 aliphatic carbocycles. The molecular weight excluding hydrogens is 489 g/mol. The summed E-state index contributed by atoms with van der Waals surface area (Å²) in [4.78, 5) is 24.4. The summed E-state index contributed by atoms with van der Waals surface area (Å²) in [6.07, 6.45) is -4.56. The normalized spacial score (nSPS) is 11.2. The van der Waals surface area contributed by atoms with Crippen LogP contribution in [0.5, 0.6) is 5.75 Å². The smallest absolute Gasteiger partial charge is 0.416 e. The second-order valence-corrected chi connectivity index (χ2v) is 8.70. The maximum absolute atomic E-state index is 12.8. The highest BCUT2D eigenvalue weighted by Gasteiger charge is 2.31. The van der Waals surface area contributed by atoms with Crippen LogP contribution in [0.15, 0.2) is 46.8 Å². The Morgan fingerprint density at radius 1 is 1.16 bits per heavy atom. The number of halogens is 4. The zero-order valence-corrected chi connectivity index (χ0v) is 18.6. The van der Waals surface area contributed by atoms with Crippen molar-refractivity contribution in [1.29, 1.82) is 0 Å². The van der Waals surface area contributed by atoms with E-state index in [2.05, 4.69) is 20.8 Å². The SMILES string of the molecule is COc1cccc(C(=O)Nc2nnc(SCC(=O)Nc3cc(C(F)(F)F)ccc3Cl)s2)c1. The molecule has 0 bridgehead atoms. The molecule has 0 aliphatic rings. The van der Waals surface area contributed by atoms with Gasteiger partial charge in [-0.1, -0.05) is 40.8 Å². The number of hydrogen-bond donors (Lipinski definition) is 2. The summed E-state index contributed by atoms with van der Waals surface area (Å²) in [6, 6.07) is 9.21. The molecule has 0 fully saturated rings. The fraction of sp³-hybridized carbons (Fsp3) is 0.158. The van der Waals surface area contributed by atoms with Gasteiger partial charge in [0.05, 0.1) is 29.1 Å². The highest BCUT2D eigenvalue weighted by molar-refractivity contribution is 8.01. The largest absolute Gasteiger partial charge is 0.497 e. The third kappa shape index (κ3) is 6.34. The summed E-state index contributed by atoms with van der Waals surface area (Å²) in [5.74, 6) is -0.606. The predicted octanol–water partition coefficient (Wildman–Crippen LogP) is 5.20. The van der Waals surface area contributed by atoms with Crippen molar-refractivity contribution in [1.82, 2.24) is 10.2 Å². The van der Waals surface area contributed by atoms with Gasteiger partial charge in [0.25, 0.3) is 5.91 Å². The first-order chi connectivity index (χ1) is 15.2. The predicted molar refractivity (Wildman–Crippen MR) is 117 cm³/mol. The molecule has 0 spiro atoms. The van der Waals surface area contributed by atoms with E-state index in [1.54, 1.807) is 24.3 Å². The minimum absolute atomic E-state index is 0.0187. The van der Waals surface area contributed by atoms with Crippen LogP contribution in [0, 0.1) is 0 Å². The van der Waals surface area contributed by atoms with Gasteiger partial charge in [-0.25, -0.2) is 0 Å². The third-order valence-corrected chi connectivity index (χ3v) is 6.15. The number of anilines is 2. The lowest BCUT2D eigenvalue weighted by Crippen LogP contribution is -2.15. The molecule has 32 heavy (non-hydrogen) atoms. The molecule has 0 radical (unpaired) electrons. The van der Waals surface area contributed by atoms with Crippen LogP contribution in [-0.2, 0) is 11.0 Å². The first kappa shape index (κ1) is 23.8. The number of nitrogens with zero attached hydrogens (tertiary/aromatic N) is 2. The van der Waals surface area contributed by atoms with E-state index in [4.69, 9.17) is 16.3 Å². The van der Waals surface area contributed by atoms with Crippen LogP contribution in [0.2, 0.25) is 5.02 Å². The summed E-state index contributed by atoms with van der Waals surface area (Å²) in [5, 5.41) is 12.9. The van der Waals surface area contributed by atoms with Crippen LogP contribution in [0.4, 0.5) is 24.0 Å². The maximum Gasteiger partial charge on any atom is 0.416 e. The van der Waals surface area contributed by atoms with E-state index in [-0.39, 0.29) is 21.6 Å². The number of methoxy groups -OCH3 is 1. The van der Waals surface area contributed by atoms with Gasteiger partial charge >= 0.3 is 6.18 Å². The van der Waals surface area contributed by atoms with Crippen molar-refractivity contribution in [2.75, 3.05) is 23.5 Å². The molecular formula is C19H14ClF3N4O3S2. The molecule has 3 rings (SSSR count). The lowest BCUT2D eigenvalue weighted by Gasteiger charge is -2.11. The molecule has 0 unspecified atom stereocenters. The molecule has 1 heterocycles. The molecule has 0 saturated carbocycles. The zero-order chi connectivity index (χ0) is 23.3. The molecule has 2 aromatic carbocycles. The Morgan fingerprint density at radius 2 is 1.94 bits per heavy atom. The Morgan fingerprint density at radius 3 is 2.66 bits per heavy atom. The fourth-order valence-corrected chi connectivity index (χ4v) is 4.07. The van der Waals surface area contributed by atoms with Gasteiger partial charge in [0.1, 0.15) is 5.75 Å². The minimum Gasteiger partial charge on any atom is -0.497 e. The molecule has 0 atom stereocenters. The number of amides is 2. The standard InChI is InChI=1S/C19H14ClF3N4O3S2/c1-30-12-4-2-3-10(7-12)16(29)25-17-26-27-18(32-17)31-9-15(28)24-14-8-11(19(21,22)23)5-6-13(14)20/h2-8H,9H2,1H3,(H,24,28)(H,25,26,29). The van der Waals surface area contributed by atoms with Crippen LogP contribution in [0.25, 0.3) is 0 Å². The lowest BCUT2D eigenvalue weighted by atomic mass is 10.2. The summed E-state index contributed by atoms with van der Waals surface area (Å²) < 4.78 is 44.0. The topological polar surface area (TPSA) is 93.2 Å². The number of carbonyl (C=O) groups is 2. The highest BCUT2D eigenvalue weighted by Crippen LogP contribution is 2.34. The number of hydrogen-bond acceptors (Lipinski definition) is 7. The number of rotatable bonds is 7. The van der Waals surface area contributed by atoms with E-state index in [0.29, 0.717) is 15.7 Å². The zero-order valence-electron chi connectivity index (χ0n) is 16.2. The molecule has 3 aromatic rings. The van der Waals surface area contributed by atoms with Crippen molar-refractivity contribution >= 4 is 57.3 Å². The Hall–Kier alpha value is -2.83. The van der Waals surface area contributed by atoms with Crippen molar-refractivity contribution in [2.45, 2.75) is 10.5 Å². The number of ether oxygens (including phenoxy) is 1. The Balaban J connectivity index is 1.56. The fourth-order valence-electron chi connectivity index (χ4n) is 2.36. The van der Waals surface area contributed by atoms with Gasteiger partial charge in [0.15, 0.2) is 4.34 Å². The molecule has 0 aliphatic heterocycles. The number of benzene rings is 2. The van der Waals surface area contributed by atoms with E-state index < -0.39 is 23.6 Å². The van der Waals surface area contributed by atoms with Crippen LogP contribution < -0.4 is 15.4 Å². The van der Waals surface area contributed by atoms with Crippen molar-refractivity contribution in [3.8, 4) is 5.75 Å². The summed E-state index contributed by atoms with van der Waals surface area (Å²) >= 11 is 7.93. The molecule has 168 valence electrons. The number of alkyl halides is 3. The molecule has 7 nitrogen and oxygen atoms in total. The lowest BCUT2D eigenvalue weighted by molar-refractivity contribution is -0.137. The van der Waals surface area contributed by atoms with Gasteiger partial charge in [-0.2, -0.15) is 13.2 Å². The minimum atomic E-state index is -4.56. The first-order valence-corrected chi connectivity index (χ1v) is 10.9. The highest BCUT2D eigenvalue weighted by atomic mass is 35.5. The van der Waals surface area contributed by atoms with Crippen molar-refractivity contribution in [2.24, 2.45) is 0 Å². The van der Waals surface area contributed by atoms with Crippen molar-refractivity contribution in [3.05, 3.63) is 58.6 Å². The third-order valence-electron chi connectivity index (χ3n) is 3.85. The number of nitrogens with one attached hydrogen (secondary N) is 2. The van der Waals surface area contributed by atoms with Crippen molar-refractivity contribution in [3.63, 3.8) is 0 Å². The van der Waals surface area contributed by atoms with Crippen LogP contribution in [0.1, 0.15) is 15.9 Å². The summed E-state index contributed by atoms with van der Waals surface area (Å²) in [5.41, 5.74) is -0.702. The molecule has 1 aromatic heterocycles. The Bertz CT molecular complexity index is 1140. The quantitative estimate of drug-likeness (QED) is 0.340. The Kier molecular flexibility index (Phi) is 7.59. The summed E-state index contributed by atoms with van der Waals surface area (Å²) in [6.45, 7) is 0. The van der Waals surface area contributed by atoms with Gasteiger partial charge in [-0.3, -0.25) is 14.9 Å². The molecule has 0 saturated heterocycles. The monoisotopic (exact) mass is 502 g/mol. The number of thioether (sulfide) groups is 1. The van der Waals surface area contributed by atoms with Gasteiger partial charge in [0, 0.05) is 5.56 Å². The van der Waals surface area contributed by atoms with E-state index in [1.165, 1.54) is 7.11 Å². The van der Waals surface area contributed by atoms with Crippen molar-refractivity contribution < 1.29 is 27.5 Å². The van der Waals surface area contributed by atoms with Crippen LogP contribution in [0.3, 0.4) is 0 Å². The second kappa shape index (κ2) is 10.2. The van der Waals surface area contributed by atoms with E-state index in [0.717, 1.165) is 41.3 Å². The molecule has 13 heteroatoms. The Labute approximate surface area is 193 Å². The number of aromatic nitrogens is 2. The van der Waals surface area contributed by atoms with Crippen LogP contribution >= 0.6 is 34.7 Å². The average Bonchev–Trinajstić information content (AvgIpc) is 3.20. The summed E-state index contributed by atoms with van der Waals surface area (Å²) in [7, 11) is 1.49. The van der Waals surface area contributed by atoms with Gasteiger partial charge in [-0.05, 0) is 36.4 Å².